The van der Waals surface area contributed by atoms with E-state index >= 15 is 0 Å². The van der Waals surface area contributed by atoms with Gasteiger partial charge < -0.3 is 4.74 Å². The van der Waals surface area contributed by atoms with Crippen molar-refractivity contribution >= 4 is 10.0 Å². The lowest BCUT2D eigenvalue weighted by molar-refractivity contribution is -0.110. The first-order valence-corrected chi connectivity index (χ1v) is 11.1. The highest BCUT2D eigenvalue weighted by Gasteiger charge is 2.43. The zero-order valence-corrected chi connectivity index (χ0v) is 17.3. The van der Waals surface area contributed by atoms with E-state index in [-0.39, 0.29) is 13.2 Å². The summed E-state index contributed by atoms with van der Waals surface area (Å²) in [6.07, 6.45) is 3.27. The Hall–Kier alpha value is -2.78. The Bertz CT molecular complexity index is 1080. The third-order valence-electron chi connectivity index (χ3n) is 4.99. The Labute approximate surface area is 176 Å². The lowest BCUT2D eigenvalue weighted by Gasteiger charge is -2.23. The molecule has 7 nitrogen and oxygen atoms in total. The quantitative estimate of drug-likeness (QED) is 0.626. The van der Waals surface area contributed by atoms with E-state index in [1.165, 1.54) is 0 Å². The highest BCUT2D eigenvalue weighted by Crippen LogP contribution is 2.35. The van der Waals surface area contributed by atoms with Crippen LogP contribution in [0.3, 0.4) is 0 Å². The molecule has 0 saturated carbocycles. The minimum absolute atomic E-state index is 0.0800. The number of sulfonamides is 1. The monoisotopic (exact) mass is 425 g/mol. The molecule has 0 spiro atoms. The number of benzene rings is 2. The molecule has 156 valence electrons. The van der Waals surface area contributed by atoms with Crippen molar-refractivity contribution in [2.24, 2.45) is 0 Å². The normalized spacial score (nSPS) is 19.6. The fourth-order valence-corrected chi connectivity index (χ4v) is 4.95. The summed E-state index contributed by atoms with van der Waals surface area (Å²) in [7, 11) is -1.89. The smallest absolute Gasteiger partial charge is 0.219 e. The van der Waals surface area contributed by atoms with Gasteiger partial charge in [-0.15, -0.1) is 0 Å². The number of ether oxygens (including phenoxy) is 1. The van der Waals surface area contributed by atoms with E-state index in [2.05, 4.69) is 9.71 Å². The van der Waals surface area contributed by atoms with Gasteiger partial charge in [0.05, 0.1) is 12.6 Å². The predicted molar refractivity (Wildman–Crippen MR) is 113 cm³/mol. The molecule has 1 aliphatic rings. The number of rotatable bonds is 7. The van der Waals surface area contributed by atoms with Crippen molar-refractivity contribution in [3.63, 3.8) is 0 Å². The number of aromatic nitrogens is 1. The van der Waals surface area contributed by atoms with Gasteiger partial charge in [0.1, 0.15) is 16.7 Å². The van der Waals surface area contributed by atoms with Crippen LogP contribution in [0.1, 0.15) is 17.2 Å². The Morgan fingerprint density at radius 3 is 2.57 bits per heavy atom. The standard InChI is InChI=1S/C22H23N3O4S/c1-25-22(18-6-5-9-20(14-18)29-19-7-3-2-4-8-19)21(16-28-25)30(26,27)24-15-17-10-12-23-13-11-17/h2-14,21-22,24H,15-16H2,1H3. The van der Waals surface area contributed by atoms with Gasteiger partial charge in [0.2, 0.25) is 10.0 Å². The molecule has 1 fully saturated rings. The number of nitrogens with one attached hydrogen (secondary N) is 1. The Morgan fingerprint density at radius 1 is 1.07 bits per heavy atom. The van der Waals surface area contributed by atoms with Crippen LogP contribution in [0.2, 0.25) is 0 Å². The van der Waals surface area contributed by atoms with E-state index in [4.69, 9.17) is 9.57 Å². The van der Waals surface area contributed by atoms with Gasteiger partial charge in [-0.05, 0) is 47.5 Å². The van der Waals surface area contributed by atoms with Gasteiger partial charge in [-0.2, -0.15) is 5.06 Å². The fourth-order valence-electron chi connectivity index (χ4n) is 3.46. The van der Waals surface area contributed by atoms with Crippen molar-refractivity contribution in [3.05, 3.63) is 90.3 Å². The van der Waals surface area contributed by atoms with Gasteiger partial charge in [-0.3, -0.25) is 9.82 Å². The highest BCUT2D eigenvalue weighted by atomic mass is 32.2. The second kappa shape index (κ2) is 8.93. The van der Waals surface area contributed by atoms with Crippen LogP contribution < -0.4 is 9.46 Å². The summed E-state index contributed by atoms with van der Waals surface area (Å²) >= 11 is 0. The van der Waals surface area contributed by atoms with Crippen LogP contribution in [0, 0.1) is 0 Å². The maximum Gasteiger partial charge on any atom is 0.219 e. The molecule has 1 aliphatic heterocycles. The van der Waals surface area contributed by atoms with Crippen LogP contribution in [0.5, 0.6) is 11.5 Å². The summed E-state index contributed by atoms with van der Waals surface area (Å²) in [6.45, 7) is 0.283. The summed E-state index contributed by atoms with van der Waals surface area (Å²) in [6, 6.07) is 20.0. The molecule has 2 atom stereocenters. The molecule has 2 heterocycles. The van der Waals surface area contributed by atoms with Gasteiger partial charge in [0.15, 0.2) is 0 Å². The van der Waals surface area contributed by atoms with E-state index in [0.29, 0.717) is 11.5 Å². The van der Waals surface area contributed by atoms with Crippen molar-refractivity contribution < 1.29 is 18.0 Å². The number of hydrogen-bond donors (Lipinski definition) is 1. The first kappa shape index (κ1) is 20.5. The van der Waals surface area contributed by atoms with Crippen LogP contribution in [-0.2, 0) is 21.4 Å². The van der Waals surface area contributed by atoms with Gasteiger partial charge in [0.25, 0.3) is 0 Å². The predicted octanol–water partition coefficient (Wildman–Crippen LogP) is 3.28. The topological polar surface area (TPSA) is 80.8 Å². The van der Waals surface area contributed by atoms with Crippen LogP contribution in [0.4, 0.5) is 0 Å². The van der Waals surface area contributed by atoms with E-state index in [1.807, 2.05) is 54.6 Å². The summed E-state index contributed by atoms with van der Waals surface area (Å²) in [5, 5.41) is 0.842. The summed E-state index contributed by atoms with van der Waals surface area (Å²) < 4.78 is 34.7. The SMILES string of the molecule is CN1OCC(S(=O)(=O)NCc2ccncc2)C1c1cccc(Oc2ccccc2)c1. The molecule has 0 radical (unpaired) electrons. The van der Waals surface area contributed by atoms with Crippen molar-refractivity contribution in [2.75, 3.05) is 13.7 Å². The molecule has 2 aromatic carbocycles. The molecule has 8 heteroatoms. The molecular weight excluding hydrogens is 402 g/mol. The van der Waals surface area contributed by atoms with E-state index in [9.17, 15) is 8.42 Å². The number of hydrogen-bond acceptors (Lipinski definition) is 6. The van der Waals surface area contributed by atoms with Gasteiger partial charge in [-0.25, -0.2) is 13.1 Å². The molecule has 1 N–H and O–H groups in total. The van der Waals surface area contributed by atoms with Crippen molar-refractivity contribution in [3.8, 4) is 11.5 Å². The second-order valence-corrected chi connectivity index (χ2v) is 9.02. The van der Waals surface area contributed by atoms with Crippen molar-refractivity contribution in [1.29, 1.82) is 0 Å². The molecule has 0 amide bonds. The second-order valence-electron chi connectivity index (χ2n) is 7.03. The van der Waals surface area contributed by atoms with Crippen LogP contribution in [0.25, 0.3) is 0 Å². The molecule has 2 unspecified atom stereocenters. The summed E-state index contributed by atoms with van der Waals surface area (Å²) in [5.41, 5.74) is 1.65. The van der Waals surface area contributed by atoms with Crippen molar-refractivity contribution in [2.45, 2.75) is 17.8 Å². The van der Waals surface area contributed by atoms with E-state index < -0.39 is 21.3 Å². The van der Waals surface area contributed by atoms with Gasteiger partial charge >= 0.3 is 0 Å². The third-order valence-corrected chi connectivity index (χ3v) is 6.73. The summed E-state index contributed by atoms with van der Waals surface area (Å²) in [4.78, 5) is 9.54. The molecule has 0 aliphatic carbocycles. The largest absolute Gasteiger partial charge is 0.457 e. The minimum Gasteiger partial charge on any atom is -0.457 e. The molecule has 30 heavy (non-hydrogen) atoms. The third kappa shape index (κ3) is 4.68. The lowest BCUT2D eigenvalue weighted by atomic mass is 10.0. The van der Waals surface area contributed by atoms with E-state index in [1.54, 1.807) is 36.6 Å². The average molecular weight is 426 g/mol. The first-order chi connectivity index (χ1) is 14.5. The zero-order valence-electron chi connectivity index (χ0n) is 16.5. The lowest BCUT2D eigenvalue weighted by Crippen LogP contribution is -2.39. The van der Waals surface area contributed by atoms with Crippen LogP contribution in [0.15, 0.2) is 79.1 Å². The van der Waals surface area contributed by atoms with Crippen LogP contribution in [-0.4, -0.2) is 37.4 Å². The molecule has 3 aromatic rings. The average Bonchev–Trinajstić information content (AvgIpc) is 3.16. The number of nitrogens with zero attached hydrogens (tertiary/aromatic N) is 2. The zero-order chi connectivity index (χ0) is 21.0. The van der Waals surface area contributed by atoms with Gasteiger partial charge in [-0.1, -0.05) is 30.3 Å². The Kier molecular flexibility index (Phi) is 6.10. The first-order valence-electron chi connectivity index (χ1n) is 9.59. The minimum atomic E-state index is -3.64. The maximum absolute atomic E-state index is 13.0. The molecule has 0 bridgehead atoms. The molecule has 1 saturated heterocycles. The van der Waals surface area contributed by atoms with Gasteiger partial charge in [0, 0.05) is 26.0 Å². The number of pyridine rings is 1. The van der Waals surface area contributed by atoms with E-state index in [0.717, 1.165) is 11.1 Å². The molecule has 4 rings (SSSR count). The number of para-hydroxylation sites is 1. The highest BCUT2D eigenvalue weighted by molar-refractivity contribution is 7.90. The maximum atomic E-state index is 13.0. The Morgan fingerprint density at radius 2 is 1.80 bits per heavy atom. The van der Waals surface area contributed by atoms with Crippen LogP contribution >= 0.6 is 0 Å². The summed E-state index contributed by atoms with van der Waals surface area (Å²) in [5.74, 6) is 1.36. The van der Waals surface area contributed by atoms with Crippen molar-refractivity contribution in [1.82, 2.24) is 14.8 Å². The fraction of sp³-hybridized carbons (Fsp3) is 0.227. The molecular formula is C22H23N3O4S. The Balaban J connectivity index is 1.54. The number of hydroxylamine groups is 2. The molecule has 1 aromatic heterocycles.